The van der Waals surface area contributed by atoms with E-state index in [-0.39, 0.29) is 12.5 Å². The molecule has 0 radical (unpaired) electrons. The van der Waals surface area contributed by atoms with Crippen molar-refractivity contribution < 1.29 is 14.3 Å². The molecule has 21 heavy (non-hydrogen) atoms. The average Bonchev–Trinajstić information content (AvgIpc) is 2.48. The molecule has 0 heterocycles. The molecule has 0 fully saturated rings. The van der Waals surface area contributed by atoms with Crippen LogP contribution in [0.15, 0.2) is 42.5 Å². The number of carbonyl (C=O) groups is 1. The Labute approximate surface area is 136 Å². The lowest BCUT2D eigenvalue weighted by Gasteiger charge is -2.11. The summed E-state index contributed by atoms with van der Waals surface area (Å²) in [5.74, 6) is 0.893. The van der Waals surface area contributed by atoms with Crippen LogP contribution in [0, 0.1) is 3.57 Å². The van der Waals surface area contributed by atoms with Gasteiger partial charge in [0.2, 0.25) is 0 Å². The quantitative estimate of drug-likeness (QED) is 0.600. The number of nitrogens with two attached hydrogens (primary N) is 1. The third-order valence-corrected chi connectivity index (χ3v) is 3.40. The summed E-state index contributed by atoms with van der Waals surface area (Å²) in [4.78, 5) is 11.9. The van der Waals surface area contributed by atoms with Crippen molar-refractivity contribution in [1.29, 1.82) is 0 Å². The van der Waals surface area contributed by atoms with Crippen LogP contribution in [0.4, 0.5) is 11.4 Å². The molecule has 3 N–H and O–H groups in total. The van der Waals surface area contributed by atoms with Crippen LogP contribution in [-0.2, 0) is 4.79 Å². The molecule has 0 unspecified atom stereocenters. The van der Waals surface area contributed by atoms with Gasteiger partial charge in [-0.05, 0) is 59.0 Å². The Morgan fingerprint density at radius 1 is 1.24 bits per heavy atom. The highest BCUT2D eigenvalue weighted by molar-refractivity contribution is 14.1. The number of amides is 1. The molecule has 0 aliphatic heterocycles. The Morgan fingerprint density at radius 3 is 2.62 bits per heavy atom. The molecule has 110 valence electrons. The number of carbonyl (C=O) groups excluding carboxylic acids is 1. The van der Waals surface area contributed by atoms with Gasteiger partial charge < -0.3 is 20.5 Å². The van der Waals surface area contributed by atoms with Crippen LogP contribution in [-0.4, -0.2) is 19.6 Å². The summed E-state index contributed by atoms with van der Waals surface area (Å²) in [7, 11) is 1.52. The molecule has 1 amide bonds. The van der Waals surface area contributed by atoms with E-state index in [2.05, 4.69) is 27.9 Å². The molecule has 0 aliphatic rings. The van der Waals surface area contributed by atoms with Crippen LogP contribution in [0.3, 0.4) is 0 Å². The van der Waals surface area contributed by atoms with E-state index in [0.717, 1.165) is 3.57 Å². The summed E-state index contributed by atoms with van der Waals surface area (Å²) in [5, 5.41) is 2.72. The monoisotopic (exact) mass is 398 g/mol. The maximum Gasteiger partial charge on any atom is 0.262 e. The number of methoxy groups -OCH3 is 1. The van der Waals surface area contributed by atoms with Gasteiger partial charge in [0.15, 0.2) is 6.61 Å². The van der Waals surface area contributed by atoms with Crippen molar-refractivity contribution in [2.75, 3.05) is 24.8 Å². The number of nitrogens with one attached hydrogen (secondary N) is 1. The van der Waals surface area contributed by atoms with Crippen LogP contribution in [0.2, 0.25) is 0 Å². The SMILES string of the molecule is COc1cc(N)ccc1NC(=O)COc1ccc(I)cc1. The van der Waals surface area contributed by atoms with Crippen LogP contribution >= 0.6 is 22.6 Å². The van der Waals surface area contributed by atoms with E-state index in [1.165, 1.54) is 7.11 Å². The Morgan fingerprint density at radius 2 is 1.95 bits per heavy atom. The molecule has 5 nitrogen and oxygen atoms in total. The van der Waals surface area contributed by atoms with Crippen molar-refractivity contribution in [3.05, 3.63) is 46.0 Å². The van der Waals surface area contributed by atoms with Gasteiger partial charge in [0, 0.05) is 15.3 Å². The second-order valence-corrected chi connectivity index (χ2v) is 5.50. The van der Waals surface area contributed by atoms with Gasteiger partial charge in [0.1, 0.15) is 11.5 Å². The molecule has 0 atom stereocenters. The fourth-order valence-corrected chi connectivity index (χ4v) is 2.04. The van der Waals surface area contributed by atoms with Crippen molar-refractivity contribution >= 4 is 39.9 Å². The minimum absolute atomic E-state index is 0.0753. The summed E-state index contributed by atoms with van der Waals surface area (Å²) in [6.45, 7) is -0.0753. The predicted octanol–water partition coefficient (Wildman–Crippen LogP) is 2.90. The van der Waals surface area contributed by atoms with Gasteiger partial charge in [-0.25, -0.2) is 0 Å². The minimum Gasteiger partial charge on any atom is -0.494 e. The first kappa shape index (κ1) is 15.4. The lowest BCUT2D eigenvalue weighted by atomic mass is 10.2. The first-order valence-electron chi connectivity index (χ1n) is 6.20. The number of hydrogen-bond acceptors (Lipinski definition) is 4. The molecule has 6 heteroatoms. The van der Waals surface area contributed by atoms with Crippen molar-refractivity contribution in [1.82, 2.24) is 0 Å². The summed E-state index contributed by atoms with van der Waals surface area (Å²) in [6.07, 6.45) is 0. The number of benzene rings is 2. The fourth-order valence-electron chi connectivity index (χ4n) is 1.68. The van der Waals surface area contributed by atoms with Crippen LogP contribution < -0.4 is 20.5 Å². The second kappa shape index (κ2) is 7.16. The van der Waals surface area contributed by atoms with E-state index in [0.29, 0.717) is 22.9 Å². The standard InChI is InChI=1S/C15H15IN2O3/c1-20-14-8-11(17)4-7-13(14)18-15(19)9-21-12-5-2-10(16)3-6-12/h2-8H,9,17H2,1H3,(H,18,19). The predicted molar refractivity (Wildman–Crippen MR) is 90.7 cm³/mol. The van der Waals surface area contributed by atoms with E-state index < -0.39 is 0 Å². The lowest BCUT2D eigenvalue weighted by molar-refractivity contribution is -0.118. The zero-order valence-electron chi connectivity index (χ0n) is 11.4. The van der Waals surface area contributed by atoms with Gasteiger partial charge in [-0.15, -0.1) is 0 Å². The number of hydrogen-bond donors (Lipinski definition) is 2. The summed E-state index contributed by atoms with van der Waals surface area (Å²) in [6, 6.07) is 12.5. The Kier molecular flexibility index (Phi) is 5.26. The Hall–Kier alpha value is -1.96. The number of anilines is 2. The molecule has 2 aromatic carbocycles. The zero-order valence-corrected chi connectivity index (χ0v) is 13.6. The van der Waals surface area contributed by atoms with Crippen molar-refractivity contribution in [3.8, 4) is 11.5 Å². The first-order valence-corrected chi connectivity index (χ1v) is 7.28. The fraction of sp³-hybridized carbons (Fsp3) is 0.133. The molecular weight excluding hydrogens is 383 g/mol. The molecule has 0 aromatic heterocycles. The van der Waals surface area contributed by atoms with Gasteiger partial charge in [0.25, 0.3) is 5.91 Å². The molecule has 0 saturated carbocycles. The number of rotatable bonds is 5. The molecule has 2 rings (SSSR count). The van der Waals surface area contributed by atoms with Gasteiger partial charge in [-0.2, -0.15) is 0 Å². The summed E-state index contributed by atoms with van der Waals surface area (Å²) < 4.78 is 11.7. The number of ether oxygens (including phenoxy) is 2. The van der Waals surface area contributed by atoms with Crippen molar-refractivity contribution in [2.24, 2.45) is 0 Å². The third-order valence-electron chi connectivity index (χ3n) is 2.68. The highest BCUT2D eigenvalue weighted by atomic mass is 127. The van der Waals surface area contributed by atoms with Gasteiger partial charge in [-0.1, -0.05) is 0 Å². The normalized spacial score (nSPS) is 10.0. The van der Waals surface area contributed by atoms with Gasteiger partial charge >= 0.3 is 0 Å². The average molecular weight is 398 g/mol. The van der Waals surface area contributed by atoms with E-state index in [1.807, 2.05) is 24.3 Å². The minimum atomic E-state index is -0.267. The molecule has 0 spiro atoms. The van der Waals surface area contributed by atoms with Crippen molar-refractivity contribution in [3.63, 3.8) is 0 Å². The Bertz CT molecular complexity index is 629. The van der Waals surface area contributed by atoms with Gasteiger partial charge in [-0.3, -0.25) is 4.79 Å². The number of halogens is 1. The van der Waals surface area contributed by atoms with E-state index in [9.17, 15) is 4.79 Å². The smallest absolute Gasteiger partial charge is 0.262 e. The molecule has 0 aliphatic carbocycles. The van der Waals surface area contributed by atoms with Crippen LogP contribution in [0.25, 0.3) is 0 Å². The van der Waals surface area contributed by atoms with E-state index >= 15 is 0 Å². The maximum atomic E-state index is 11.9. The zero-order chi connectivity index (χ0) is 15.2. The third kappa shape index (κ3) is 4.52. The largest absolute Gasteiger partial charge is 0.494 e. The molecule has 2 aromatic rings. The topological polar surface area (TPSA) is 73.6 Å². The van der Waals surface area contributed by atoms with Crippen molar-refractivity contribution in [2.45, 2.75) is 0 Å². The molecular formula is C15H15IN2O3. The maximum absolute atomic E-state index is 11.9. The summed E-state index contributed by atoms with van der Waals surface area (Å²) in [5.41, 5.74) is 6.79. The Balaban J connectivity index is 1.94. The number of nitrogen functional groups attached to an aromatic ring is 1. The van der Waals surface area contributed by atoms with E-state index in [1.54, 1.807) is 18.2 Å². The second-order valence-electron chi connectivity index (χ2n) is 4.25. The van der Waals surface area contributed by atoms with Crippen LogP contribution in [0.5, 0.6) is 11.5 Å². The summed E-state index contributed by atoms with van der Waals surface area (Å²) >= 11 is 2.20. The van der Waals surface area contributed by atoms with Crippen LogP contribution in [0.1, 0.15) is 0 Å². The van der Waals surface area contributed by atoms with E-state index in [4.69, 9.17) is 15.2 Å². The molecule has 0 saturated heterocycles. The molecule has 0 bridgehead atoms. The first-order chi connectivity index (χ1) is 10.1. The highest BCUT2D eigenvalue weighted by Gasteiger charge is 2.08. The highest BCUT2D eigenvalue weighted by Crippen LogP contribution is 2.26. The van der Waals surface area contributed by atoms with Gasteiger partial charge in [0.05, 0.1) is 12.8 Å². The lowest BCUT2D eigenvalue weighted by Crippen LogP contribution is -2.20.